The van der Waals surface area contributed by atoms with E-state index in [-0.39, 0.29) is 34.1 Å². The number of amides is 1. The summed E-state index contributed by atoms with van der Waals surface area (Å²) < 4.78 is 50.9. The van der Waals surface area contributed by atoms with E-state index in [1.165, 1.54) is 17.0 Å². The Balaban J connectivity index is 1.58. The van der Waals surface area contributed by atoms with Crippen LogP contribution >= 0.6 is 11.8 Å². The van der Waals surface area contributed by atoms with E-state index < -0.39 is 35.9 Å². The number of ether oxygens (including phenoxy) is 3. The zero-order chi connectivity index (χ0) is 32.7. The van der Waals surface area contributed by atoms with Crippen molar-refractivity contribution in [1.82, 2.24) is 0 Å². The van der Waals surface area contributed by atoms with Gasteiger partial charge in [-0.25, -0.2) is 9.59 Å². The van der Waals surface area contributed by atoms with Gasteiger partial charge in [-0.05, 0) is 54.1 Å². The van der Waals surface area contributed by atoms with E-state index in [1.54, 1.807) is 54.6 Å². The lowest BCUT2D eigenvalue weighted by Crippen LogP contribution is -2.40. The van der Waals surface area contributed by atoms with Crippen LogP contribution in [-0.4, -0.2) is 44.2 Å². The molecule has 1 aliphatic heterocycles. The average Bonchev–Trinajstić information content (AvgIpc) is 3.03. The van der Waals surface area contributed by atoms with Crippen LogP contribution in [0.2, 0.25) is 0 Å². The van der Waals surface area contributed by atoms with Crippen LogP contribution < -0.4 is 20.7 Å². The van der Waals surface area contributed by atoms with Crippen LogP contribution in [-0.2, 0) is 23.9 Å². The second-order valence-electron chi connectivity index (χ2n) is 9.24. The molecule has 1 atom stereocenters. The fraction of sp³-hybridized carbons (Fsp3) is 0.161. The van der Waals surface area contributed by atoms with E-state index in [9.17, 15) is 32.8 Å². The topological polar surface area (TPSA) is 144 Å². The molecule has 0 aliphatic carbocycles. The fourth-order valence-electron chi connectivity index (χ4n) is 4.56. The number of alkyl halides is 3. The molecule has 0 radical (unpaired) electrons. The normalized spacial score (nSPS) is 14.8. The summed E-state index contributed by atoms with van der Waals surface area (Å²) >= 11 is 1.16. The second-order valence-corrected chi connectivity index (χ2v) is 10.3. The Labute approximate surface area is 259 Å². The molecule has 1 unspecified atom stereocenters. The monoisotopic (exact) mass is 638 g/mol. The number of halogens is 3. The number of nitrogens with one attached hydrogen (secondary N) is 1. The van der Waals surface area contributed by atoms with Gasteiger partial charge in [0.2, 0.25) is 5.91 Å². The number of hydrogen-bond acceptors (Lipinski definition) is 10. The van der Waals surface area contributed by atoms with Crippen LogP contribution in [0.15, 0.2) is 106 Å². The van der Waals surface area contributed by atoms with Crippen molar-refractivity contribution >= 4 is 41.0 Å². The van der Waals surface area contributed by atoms with Crippen molar-refractivity contribution in [3.05, 3.63) is 107 Å². The Morgan fingerprint density at radius 2 is 1.58 bits per heavy atom. The molecule has 0 bridgehead atoms. The molecule has 232 valence electrons. The summed E-state index contributed by atoms with van der Waals surface area (Å²) in [5.41, 5.74) is 7.30. The molecular formula is C31H25F3N4O6S. The van der Waals surface area contributed by atoms with Gasteiger partial charge in [-0.15, -0.1) is 24.9 Å². The predicted molar refractivity (Wildman–Crippen MR) is 158 cm³/mol. The van der Waals surface area contributed by atoms with Gasteiger partial charge in [0.05, 0.1) is 43.1 Å². The molecule has 0 spiro atoms. The van der Waals surface area contributed by atoms with Crippen molar-refractivity contribution in [2.75, 3.05) is 30.2 Å². The third-order valence-corrected chi connectivity index (χ3v) is 7.46. The fourth-order valence-corrected chi connectivity index (χ4v) is 5.26. The first-order valence-corrected chi connectivity index (χ1v) is 14.0. The van der Waals surface area contributed by atoms with Crippen molar-refractivity contribution in [2.45, 2.75) is 17.2 Å². The van der Waals surface area contributed by atoms with Gasteiger partial charge in [0.25, 0.3) is 0 Å². The molecule has 1 heterocycles. The van der Waals surface area contributed by atoms with E-state index in [0.29, 0.717) is 16.1 Å². The molecule has 10 nitrogen and oxygen atoms in total. The molecule has 45 heavy (non-hydrogen) atoms. The molecule has 0 aromatic heterocycles. The highest BCUT2D eigenvalue weighted by atomic mass is 32.2. The number of rotatable bonds is 9. The molecule has 0 saturated carbocycles. The van der Waals surface area contributed by atoms with Gasteiger partial charge in [0, 0.05) is 16.3 Å². The van der Waals surface area contributed by atoms with Crippen molar-refractivity contribution < 1.29 is 41.8 Å². The maximum Gasteiger partial charge on any atom is 0.573 e. The van der Waals surface area contributed by atoms with Crippen LogP contribution in [0.5, 0.6) is 5.75 Å². The van der Waals surface area contributed by atoms with E-state index in [0.717, 1.165) is 38.1 Å². The number of nitrogens with zero attached hydrogens (tertiary/aromatic N) is 2. The lowest BCUT2D eigenvalue weighted by molar-refractivity contribution is -0.274. The highest BCUT2D eigenvalue weighted by molar-refractivity contribution is 8.00. The molecule has 0 fully saturated rings. The Hall–Kier alpha value is -5.42. The van der Waals surface area contributed by atoms with Crippen LogP contribution in [0.4, 0.5) is 24.5 Å². The second kappa shape index (κ2) is 13.9. The summed E-state index contributed by atoms with van der Waals surface area (Å²) in [5.74, 6) is -3.70. The zero-order valence-electron chi connectivity index (χ0n) is 23.8. The van der Waals surface area contributed by atoms with Crippen LogP contribution in [0.25, 0.3) is 0 Å². The highest BCUT2D eigenvalue weighted by Gasteiger charge is 2.43. The predicted octanol–water partition coefficient (Wildman–Crippen LogP) is 5.21. The largest absolute Gasteiger partial charge is 0.573 e. The number of benzene rings is 3. The third-order valence-electron chi connectivity index (χ3n) is 6.45. The average molecular weight is 639 g/mol. The lowest BCUT2D eigenvalue weighted by atomic mass is 9.81. The number of nitrogens with two attached hydrogens (primary N) is 1. The first-order chi connectivity index (χ1) is 21.5. The number of carbonyl (C=O) groups is 3. The maximum atomic E-state index is 13.2. The van der Waals surface area contributed by atoms with Crippen LogP contribution in [0, 0.1) is 11.3 Å². The molecular weight excluding hydrogens is 613 g/mol. The summed E-state index contributed by atoms with van der Waals surface area (Å²) in [4.78, 5) is 40.7. The summed E-state index contributed by atoms with van der Waals surface area (Å²) in [6.07, 6.45) is -4.82. The number of hydrogen-bond donors (Lipinski definition) is 2. The molecule has 3 aromatic rings. The third kappa shape index (κ3) is 7.57. The van der Waals surface area contributed by atoms with Gasteiger partial charge in [-0.3, -0.25) is 9.69 Å². The first-order valence-electron chi connectivity index (χ1n) is 13.0. The van der Waals surface area contributed by atoms with Gasteiger partial charge in [0.1, 0.15) is 17.3 Å². The number of anilines is 2. The Morgan fingerprint density at radius 3 is 2.13 bits per heavy atom. The molecule has 0 saturated heterocycles. The van der Waals surface area contributed by atoms with Crippen LogP contribution in [0.3, 0.4) is 0 Å². The molecule has 3 N–H and O–H groups in total. The maximum absolute atomic E-state index is 13.2. The zero-order valence-corrected chi connectivity index (χ0v) is 24.6. The smallest absolute Gasteiger partial charge is 0.466 e. The van der Waals surface area contributed by atoms with Gasteiger partial charge in [-0.2, -0.15) is 5.26 Å². The van der Waals surface area contributed by atoms with Gasteiger partial charge >= 0.3 is 18.3 Å². The molecule has 14 heteroatoms. The molecule has 1 amide bonds. The lowest BCUT2D eigenvalue weighted by Gasteiger charge is -2.35. The van der Waals surface area contributed by atoms with Crippen molar-refractivity contribution in [2.24, 2.45) is 5.73 Å². The minimum absolute atomic E-state index is 0.0161. The number of thioether (sulfide) groups is 1. The minimum Gasteiger partial charge on any atom is -0.466 e. The number of allylic oxidation sites excluding steroid dienone is 1. The van der Waals surface area contributed by atoms with Gasteiger partial charge in [-0.1, -0.05) is 30.3 Å². The van der Waals surface area contributed by atoms with Gasteiger partial charge in [0.15, 0.2) is 0 Å². The minimum atomic E-state index is -4.82. The summed E-state index contributed by atoms with van der Waals surface area (Å²) in [6.45, 7) is 0. The molecule has 1 aliphatic rings. The van der Waals surface area contributed by atoms with Crippen LogP contribution in [0.1, 0.15) is 11.5 Å². The van der Waals surface area contributed by atoms with E-state index in [1.807, 2.05) is 0 Å². The van der Waals surface area contributed by atoms with Crippen molar-refractivity contribution in [3.63, 3.8) is 0 Å². The Bertz CT molecular complexity index is 1690. The number of methoxy groups -OCH3 is 2. The van der Waals surface area contributed by atoms with E-state index >= 15 is 0 Å². The number of carbonyl (C=O) groups excluding carboxylic acids is 3. The highest BCUT2D eigenvalue weighted by Crippen LogP contribution is 2.43. The molecule has 4 rings (SSSR count). The number of nitriles is 1. The first kappa shape index (κ1) is 32.5. The quantitative estimate of drug-likeness (QED) is 0.237. The van der Waals surface area contributed by atoms with Crippen molar-refractivity contribution in [1.29, 1.82) is 5.26 Å². The summed E-state index contributed by atoms with van der Waals surface area (Å²) in [5, 5.41) is 12.7. The van der Waals surface area contributed by atoms with Gasteiger partial charge < -0.3 is 25.3 Å². The summed E-state index contributed by atoms with van der Waals surface area (Å²) in [6, 6.07) is 21.9. The Kier molecular flexibility index (Phi) is 10.0. The summed E-state index contributed by atoms with van der Waals surface area (Å²) in [7, 11) is 2.30. The Morgan fingerprint density at radius 1 is 0.956 bits per heavy atom. The standard InChI is InChI=1S/C31H25F3N4O6S/c1-42-29(40)26-25(18-6-4-3-5-7-18)23(16-35)28(36)38(27(26)30(41)43-2)20-10-14-22(15-11-20)45-17-24(39)37-19-8-12-21(13-9-19)44-31(32,33)34/h3-15,25H,17,36H2,1-2H3,(H,37,39). The van der Waals surface area contributed by atoms with E-state index in [4.69, 9.17) is 15.2 Å². The molecule has 3 aromatic carbocycles. The van der Waals surface area contributed by atoms with E-state index in [2.05, 4.69) is 16.1 Å². The SMILES string of the molecule is COC(=O)C1=C(C(=O)OC)N(c2ccc(SCC(=O)Nc3ccc(OC(F)(F)F)cc3)cc2)C(N)=C(C#N)C1c1ccccc1. The van der Waals surface area contributed by atoms with Crippen molar-refractivity contribution in [3.8, 4) is 11.8 Å². The number of esters is 2.